The highest BCUT2D eigenvalue weighted by Crippen LogP contribution is 2.27. The molecule has 3 aromatic carbocycles. The molecule has 0 aliphatic carbocycles. The molecule has 3 rings (SSSR count). The molecule has 0 aliphatic rings. The Labute approximate surface area is 162 Å². The third-order valence-corrected chi connectivity index (χ3v) is 6.19. The van der Waals surface area contributed by atoms with E-state index >= 15 is 0 Å². The fraction of sp³-hybridized carbons (Fsp3) is 0.200. The summed E-state index contributed by atoms with van der Waals surface area (Å²) in [6, 6.07) is 19.4. The van der Waals surface area contributed by atoms with Gasteiger partial charge < -0.3 is 4.74 Å². The van der Waals surface area contributed by atoms with Crippen molar-refractivity contribution >= 4 is 36.7 Å². The molecule has 0 saturated carbocycles. The molecule has 0 amide bonds. The van der Waals surface area contributed by atoms with Crippen molar-refractivity contribution in [2.24, 2.45) is 0 Å². The molecular weight excluding hydrogens is 414 g/mol. The number of aryl methyl sites for hydroxylation is 1. The number of rotatable bonds is 7. The number of ether oxygens (including phenoxy) is 1. The first-order valence-electron chi connectivity index (χ1n) is 8.31. The van der Waals surface area contributed by atoms with Crippen LogP contribution in [-0.4, -0.2) is 22.1 Å². The molecule has 0 fully saturated rings. The molecule has 0 heterocycles. The minimum absolute atomic E-state index is 0.138. The summed E-state index contributed by atoms with van der Waals surface area (Å²) < 4.78 is 33.7. The zero-order chi connectivity index (χ0) is 18.6. The lowest BCUT2D eigenvalue weighted by atomic mass is 10.0. The van der Waals surface area contributed by atoms with E-state index in [1.54, 1.807) is 18.2 Å². The maximum Gasteiger partial charge on any atom is 0.244 e. The van der Waals surface area contributed by atoms with Crippen molar-refractivity contribution in [1.82, 2.24) is 4.72 Å². The number of hydrogen-bond acceptors (Lipinski definition) is 3. The van der Waals surface area contributed by atoms with Gasteiger partial charge in [0.25, 0.3) is 0 Å². The average Bonchev–Trinajstić information content (AvgIpc) is 2.65. The Balaban J connectivity index is 1.67. The van der Waals surface area contributed by atoms with Crippen LogP contribution in [0.2, 0.25) is 0 Å². The van der Waals surface area contributed by atoms with Crippen molar-refractivity contribution in [3.05, 3.63) is 70.7 Å². The molecule has 0 aromatic heterocycles. The second-order valence-corrected chi connectivity index (χ2v) is 8.59. The van der Waals surface area contributed by atoms with Gasteiger partial charge in [0.15, 0.2) is 0 Å². The summed E-state index contributed by atoms with van der Waals surface area (Å²) in [5.41, 5.74) is 1.22. The van der Waals surface area contributed by atoms with Crippen LogP contribution < -0.4 is 9.46 Å². The number of benzene rings is 3. The van der Waals surface area contributed by atoms with Crippen LogP contribution in [0.5, 0.6) is 5.75 Å². The molecule has 26 heavy (non-hydrogen) atoms. The molecule has 6 heteroatoms. The normalized spacial score (nSPS) is 11.6. The van der Waals surface area contributed by atoms with E-state index in [1.807, 2.05) is 18.2 Å². The van der Waals surface area contributed by atoms with Gasteiger partial charge in [0.2, 0.25) is 10.0 Å². The monoisotopic (exact) mass is 433 g/mol. The summed E-state index contributed by atoms with van der Waals surface area (Å²) in [5.74, 6) is 0.328. The van der Waals surface area contributed by atoms with Crippen LogP contribution in [-0.2, 0) is 16.4 Å². The van der Waals surface area contributed by atoms with E-state index in [0.717, 1.165) is 6.42 Å². The first-order chi connectivity index (χ1) is 12.5. The maximum atomic E-state index is 12.6. The Bertz CT molecular complexity index is 1010. The largest absolute Gasteiger partial charge is 0.495 e. The van der Waals surface area contributed by atoms with Gasteiger partial charge in [-0.3, -0.25) is 0 Å². The number of fused-ring (bicyclic) bond motifs is 1. The number of nitrogens with one attached hydrogen (secondary N) is 1. The van der Waals surface area contributed by atoms with Gasteiger partial charge in [-0.15, -0.1) is 0 Å². The Morgan fingerprint density at radius 3 is 2.62 bits per heavy atom. The van der Waals surface area contributed by atoms with Crippen LogP contribution in [0.15, 0.2) is 70.0 Å². The van der Waals surface area contributed by atoms with Crippen LogP contribution in [0.4, 0.5) is 0 Å². The first-order valence-corrected chi connectivity index (χ1v) is 10.6. The topological polar surface area (TPSA) is 55.4 Å². The molecule has 0 spiro atoms. The molecule has 0 atom stereocenters. The predicted molar refractivity (Wildman–Crippen MR) is 108 cm³/mol. The Morgan fingerprint density at radius 1 is 1.04 bits per heavy atom. The van der Waals surface area contributed by atoms with Crippen LogP contribution in [0, 0.1) is 0 Å². The van der Waals surface area contributed by atoms with E-state index in [1.165, 1.54) is 23.4 Å². The third kappa shape index (κ3) is 4.26. The standard InChI is InChI=1S/C20H20BrNO3S/c1-25-19-12-11-17(21)14-20(19)26(23,24)22-13-5-9-16-8-4-7-15-6-2-3-10-18(15)16/h2-4,6-8,10-12,14,22H,5,9,13H2,1H3. The minimum atomic E-state index is -3.63. The number of hydrogen-bond donors (Lipinski definition) is 1. The summed E-state index contributed by atoms with van der Waals surface area (Å²) in [6.45, 7) is 0.362. The number of halogens is 1. The second kappa shape index (κ2) is 8.20. The SMILES string of the molecule is COc1ccc(Br)cc1S(=O)(=O)NCCCc1cccc2ccccc12. The zero-order valence-electron chi connectivity index (χ0n) is 14.4. The highest BCUT2D eigenvalue weighted by Gasteiger charge is 2.19. The molecule has 0 radical (unpaired) electrons. The second-order valence-electron chi connectivity index (χ2n) is 5.93. The van der Waals surface area contributed by atoms with E-state index < -0.39 is 10.0 Å². The van der Waals surface area contributed by atoms with Crippen molar-refractivity contribution in [3.63, 3.8) is 0 Å². The van der Waals surface area contributed by atoms with Crippen molar-refractivity contribution in [2.75, 3.05) is 13.7 Å². The highest BCUT2D eigenvalue weighted by molar-refractivity contribution is 9.10. The van der Waals surface area contributed by atoms with Crippen LogP contribution >= 0.6 is 15.9 Å². The fourth-order valence-corrected chi connectivity index (χ4v) is 4.71. The third-order valence-electron chi connectivity index (χ3n) is 4.21. The summed E-state index contributed by atoms with van der Waals surface area (Å²) in [6.07, 6.45) is 1.52. The predicted octanol–water partition coefficient (Wildman–Crippen LogP) is 4.52. The van der Waals surface area contributed by atoms with E-state index in [9.17, 15) is 8.42 Å². The average molecular weight is 434 g/mol. The Morgan fingerprint density at radius 2 is 1.81 bits per heavy atom. The lowest BCUT2D eigenvalue weighted by Crippen LogP contribution is -2.25. The molecule has 4 nitrogen and oxygen atoms in total. The summed E-state index contributed by atoms with van der Waals surface area (Å²) in [5, 5.41) is 2.41. The lowest BCUT2D eigenvalue weighted by Gasteiger charge is -2.11. The quantitative estimate of drug-likeness (QED) is 0.557. The minimum Gasteiger partial charge on any atom is -0.495 e. The van der Waals surface area contributed by atoms with Crippen LogP contribution in [0.3, 0.4) is 0 Å². The van der Waals surface area contributed by atoms with Crippen molar-refractivity contribution < 1.29 is 13.2 Å². The van der Waals surface area contributed by atoms with Crippen molar-refractivity contribution in [1.29, 1.82) is 0 Å². The van der Waals surface area contributed by atoms with Gasteiger partial charge >= 0.3 is 0 Å². The van der Waals surface area contributed by atoms with E-state index in [4.69, 9.17) is 4.74 Å². The first kappa shape index (κ1) is 18.9. The van der Waals surface area contributed by atoms with Crippen molar-refractivity contribution in [2.45, 2.75) is 17.7 Å². The molecule has 0 aliphatic heterocycles. The smallest absolute Gasteiger partial charge is 0.244 e. The maximum absolute atomic E-state index is 12.6. The Hall–Kier alpha value is -1.89. The molecule has 0 bridgehead atoms. The lowest BCUT2D eigenvalue weighted by molar-refractivity contribution is 0.402. The molecule has 0 saturated heterocycles. The van der Waals surface area contributed by atoms with Gasteiger partial charge in [0.05, 0.1) is 7.11 Å². The zero-order valence-corrected chi connectivity index (χ0v) is 16.8. The number of methoxy groups -OCH3 is 1. The van der Waals surface area contributed by atoms with Gasteiger partial charge in [-0.2, -0.15) is 0 Å². The highest BCUT2D eigenvalue weighted by atomic mass is 79.9. The van der Waals surface area contributed by atoms with Gasteiger partial charge in [-0.05, 0) is 47.4 Å². The van der Waals surface area contributed by atoms with E-state index in [0.29, 0.717) is 23.2 Å². The van der Waals surface area contributed by atoms with Crippen molar-refractivity contribution in [3.8, 4) is 5.75 Å². The Kier molecular flexibility index (Phi) is 5.96. The van der Waals surface area contributed by atoms with Crippen LogP contribution in [0.1, 0.15) is 12.0 Å². The van der Waals surface area contributed by atoms with Gasteiger partial charge in [0.1, 0.15) is 10.6 Å². The molecule has 136 valence electrons. The summed E-state index contributed by atoms with van der Waals surface area (Å²) >= 11 is 3.31. The van der Waals surface area contributed by atoms with Gasteiger partial charge in [-0.25, -0.2) is 13.1 Å². The van der Waals surface area contributed by atoms with E-state index in [-0.39, 0.29) is 4.90 Å². The van der Waals surface area contributed by atoms with Gasteiger partial charge in [0, 0.05) is 11.0 Å². The molecular formula is C20H20BrNO3S. The molecule has 3 aromatic rings. The van der Waals surface area contributed by atoms with Gasteiger partial charge in [-0.1, -0.05) is 58.4 Å². The number of sulfonamides is 1. The summed E-state index contributed by atoms with van der Waals surface area (Å²) in [7, 11) is -2.17. The van der Waals surface area contributed by atoms with Crippen LogP contribution in [0.25, 0.3) is 10.8 Å². The van der Waals surface area contributed by atoms with E-state index in [2.05, 4.69) is 44.9 Å². The fourth-order valence-electron chi connectivity index (χ4n) is 2.93. The summed E-state index contributed by atoms with van der Waals surface area (Å²) in [4.78, 5) is 0.138. The molecule has 1 N–H and O–H groups in total. The molecule has 0 unspecified atom stereocenters.